The molecule has 1 saturated carbocycles. The molecule has 1 aromatic heterocycles. The van der Waals surface area contributed by atoms with Crippen LogP contribution in [0.3, 0.4) is 0 Å². The van der Waals surface area contributed by atoms with Crippen molar-refractivity contribution >= 4 is 11.1 Å². The summed E-state index contributed by atoms with van der Waals surface area (Å²) in [5, 5.41) is 3.02. The van der Waals surface area contributed by atoms with Crippen LogP contribution in [0.4, 0.5) is 17.6 Å². The summed E-state index contributed by atoms with van der Waals surface area (Å²) in [6.45, 7) is 3.79. The van der Waals surface area contributed by atoms with Crippen LogP contribution >= 0.6 is 0 Å². The van der Waals surface area contributed by atoms with Gasteiger partial charge in [-0.05, 0) is 37.0 Å². The molecule has 0 amide bonds. The van der Waals surface area contributed by atoms with Gasteiger partial charge >= 0.3 is 6.18 Å². The van der Waals surface area contributed by atoms with Gasteiger partial charge in [0.1, 0.15) is 17.3 Å². The van der Waals surface area contributed by atoms with E-state index >= 15 is 0 Å². The minimum atomic E-state index is -4.53. The monoisotopic (exact) mass is 344 g/mol. The second-order valence-electron chi connectivity index (χ2n) is 6.63. The highest BCUT2D eigenvalue weighted by molar-refractivity contribution is 5.78. The Morgan fingerprint density at radius 1 is 1.29 bits per heavy atom. The molecule has 7 heteroatoms. The predicted molar refractivity (Wildman–Crippen MR) is 82.5 cm³/mol. The van der Waals surface area contributed by atoms with E-state index in [9.17, 15) is 17.6 Å². The van der Waals surface area contributed by atoms with Crippen molar-refractivity contribution in [3.8, 4) is 0 Å². The number of oxazole rings is 1. The summed E-state index contributed by atoms with van der Waals surface area (Å²) >= 11 is 0. The van der Waals surface area contributed by atoms with Crippen LogP contribution in [0.1, 0.15) is 56.0 Å². The molecule has 2 aromatic rings. The van der Waals surface area contributed by atoms with Crippen LogP contribution < -0.4 is 5.32 Å². The van der Waals surface area contributed by atoms with Gasteiger partial charge in [0.25, 0.3) is 0 Å². The van der Waals surface area contributed by atoms with Gasteiger partial charge in [-0.15, -0.1) is 0 Å². The summed E-state index contributed by atoms with van der Waals surface area (Å²) in [6.07, 6.45) is -3.46. The smallest absolute Gasteiger partial charge is 0.420 e. The molecule has 0 spiro atoms. The molecule has 0 radical (unpaired) electrons. The van der Waals surface area contributed by atoms with Gasteiger partial charge in [0, 0.05) is 18.5 Å². The number of nitrogens with one attached hydrogen (secondary N) is 1. The van der Waals surface area contributed by atoms with E-state index in [1.165, 1.54) is 0 Å². The fraction of sp³-hybridized carbons (Fsp3) is 0.588. The molecule has 2 atom stereocenters. The van der Waals surface area contributed by atoms with Gasteiger partial charge in [-0.2, -0.15) is 13.2 Å². The third kappa shape index (κ3) is 3.41. The van der Waals surface area contributed by atoms with Crippen molar-refractivity contribution in [1.29, 1.82) is 0 Å². The maximum Gasteiger partial charge on any atom is 0.420 e. The van der Waals surface area contributed by atoms with Crippen LogP contribution in [0, 0.1) is 0 Å². The first-order chi connectivity index (χ1) is 11.3. The highest BCUT2D eigenvalue weighted by Gasteiger charge is 2.36. The van der Waals surface area contributed by atoms with Crippen molar-refractivity contribution in [2.24, 2.45) is 0 Å². The van der Waals surface area contributed by atoms with Crippen LogP contribution in [-0.4, -0.2) is 17.2 Å². The molecular formula is C17H20F4N2O. The number of rotatable bonds is 4. The normalized spacial score (nSPS) is 22.0. The molecule has 0 saturated heterocycles. The number of halogens is 4. The molecule has 24 heavy (non-hydrogen) atoms. The minimum absolute atomic E-state index is 0.106. The quantitative estimate of drug-likeness (QED) is 0.798. The highest BCUT2D eigenvalue weighted by atomic mass is 19.4. The average Bonchev–Trinajstić information content (AvgIpc) is 3.09. The molecule has 1 aliphatic carbocycles. The van der Waals surface area contributed by atoms with Crippen molar-refractivity contribution in [2.45, 2.75) is 64.0 Å². The maximum atomic E-state index is 13.6. The fourth-order valence-corrected chi connectivity index (χ4v) is 3.06. The minimum Gasteiger partial charge on any atom is -0.440 e. The fourth-order valence-electron chi connectivity index (χ4n) is 3.06. The van der Waals surface area contributed by atoms with Crippen molar-refractivity contribution in [1.82, 2.24) is 10.3 Å². The van der Waals surface area contributed by atoms with Crippen molar-refractivity contribution in [3.05, 3.63) is 29.2 Å². The summed E-state index contributed by atoms with van der Waals surface area (Å²) in [4.78, 5) is 4.17. The van der Waals surface area contributed by atoms with E-state index < -0.39 is 17.9 Å². The molecule has 0 bridgehead atoms. The average molecular weight is 344 g/mol. The number of nitrogens with zero attached hydrogens (tertiary/aromatic N) is 1. The first-order valence-corrected chi connectivity index (χ1v) is 8.13. The largest absolute Gasteiger partial charge is 0.440 e. The highest BCUT2D eigenvalue weighted by Crippen LogP contribution is 2.37. The molecule has 132 valence electrons. The van der Waals surface area contributed by atoms with Crippen LogP contribution in [0.15, 0.2) is 16.5 Å². The number of benzene rings is 1. The molecule has 1 aliphatic rings. The van der Waals surface area contributed by atoms with E-state index in [1.54, 1.807) is 6.07 Å². The van der Waals surface area contributed by atoms with Gasteiger partial charge < -0.3 is 9.73 Å². The Kier molecular flexibility index (Phi) is 4.55. The molecule has 1 aromatic carbocycles. The molecule has 0 aliphatic heterocycles. The van der Waals surface area contributed by atoms with Gasteiger partial charge in [0.05, 0.1) is 0 Å². The summed E-state index contributed by atoms with van der Waals surface area (Å²) in [5.41, 5.74) is -0.454. The zero-order valence-electron chi connectivity index (χ0n) is 13.6. The van der Waals surface area contributed by atoms with Crippen molar-refractivity contribution in [2.75, 3.05) is 0 Å². The Bertz CT molecular complexity index is 723. The second kappa shape index (κ2) is 6.35. The summed E-state index contributed by atoms with van der Waals surface area (Å²) in [7, 11) is 0. The number of alkyl halides is 4. The standard InChI is InChI=1S/C17H20F4N2O/c1-9(2)16-23-14-7-10(8-22-13-5-3-4-12(13)18)6-11(15(14)24-16)17(19,20)21/h6-7,9,12-13,22H,3-5,8H2,1-2H3/t12-,13-/m1/s1. The molecular weight excluding hydrogens is 324 g/mol. The van der Waals surface area contributed by atoms with E-state index in [2.05, 4.69) is 10.3 Å². The van der Waals surface area contributed by atoms with Gasteiger partial charge in [-0.3, -0.25) is 0 Å². The van der Waals surface area contributed by atoms with Gasteiger partial charge in [0.15, 0.2) is 11.5 Å². The molecule has 1 heterocycles. The molecule has 3 rings (SSSR count). The Hall–Kier alpha value is -1.63. The van der Waals surface area contributed by atoms with Gasteiger partial charge in [0.2, 0.25) is 0 Å². The Balaban J connectivity index is 1.93. The third-order valence-corrected chi connectivity index (χ3v) is 4.37. The Morgan fingerprint density at radius 2 is 2.04 bits per heavy atom. The maximum absolute atomic E-state index is 13.6. The second-order valence-corrected chi connectivity index (χ2v) is 6.63. The summed E-state index contributed by atoms with van der Waals surface area (Å²) in [5.74, 6) is 0.172. The van der Waals surface area contributed by atoms with Crippen LogP contribution in [0.25, 0.3) is 11.1 Å². The van der Waals surface area contributed by atoms with Gasteiger partial charge in [-0.1, -0.05) is 13.8 Å². The molecule has 1 N–H and O–H groups in total. The summed E-state index contributed by atoms with van der Waals surface area (Å²) in [6, 6.07) is 2.35. The van der Waals surface area contributed by atoms with E-state index in [1.807, 2.05) is 13.8 Å². The lowest BCUT2D eigenvalue weighted by molar-refractivity contribution is -0.136. The molecule has 0 unspecified atom stereocenters. The van der Waals surface area contributed by atoms with E-state index in [4.69, 9.17) is 4.42 Å². The lowest BCUT2D eigenvalue weighted by Crippen LogP contribution is -2.32. The predicted octanol–water partition coefficient (Wildman–Crippen LogP) is 4.95. The van der Waals surface area contributed by atoms with Crippen LogP contribution in [0.5, 0.6) is 0 Å². The number of fused-ring (bicyclic) bond motifs is 1. The number of hydrogen-bond donors (Lipinski definition) is 1. The van der Waals surface area contributed by atoms with E-state index in [0.717, 1.165) is 12.5 Å². The van der Waals surface area contributed by atoms with E-state index in [0.29, 0.717) is 18.4 Å². The summed E-state index contributed by atoms with van der Waals surface area (Å²) < 4.78 is 59.0. The first-order valence-electron chi connectivity index (χ1n) is 8.13. The lowest BCUT2D eigenvalue weighted by atomic mass is 10.1. The first kappa shape index (κ1) is 17.2. The zero-order valence-corrected chi connectivity index (χ0v) is 13.6. The third-order valence-electron chi connectivity index (χ3n) is 4.37. The van der Waals surface area contributed by atoms with Crippen molar-refractivity contribution < 1.29 is 22.0 Å². The Labute approximate surface area is 137 Å². The Morgan fingerprint density at radius 3 is 2.62 bits per heavy atom. The number of aromatic nitrogens is 1. The van der Waals surface area contributed by atoms with Gasteiger partial charge in [-0.25, -0.2) is 9.37 Å². The number of hydrogen-bond acceptors (Lipinski definition) is 3. The topological polar surface area (TPSA) is 38.1 Å². The SMILES string of the molecule is CC(C)c1nc2cc(CN[C@@H]3CCC[C@H]3F)cc(C(F)(F)F)c2o1. The van der Waals surface area contributed by atoms with Crippen LogP contribution in [0.2, 0.25) is 0 Å². The van der Waals surface area contributed by atoms with Crippen LogP contribution in [-0.2, 0) is 12.7 Å². The van der Waals surface area contributed by atoms with E-state index in [-0.39, 0.29) is 35.5 Å². The molecule has 1 fully saturated rings. The lowest BCUT2D eigenvalue weighted by Gasteiger charge is -2.15. The zero-order chi connectivity index (χ0) is 17.5. The van der Waals surface area contributed by atoms with Crippen molar-refractivity contribution in [3.63, 3.8) is 0 Å². The molecule has 3 nitrogen and oxygen atoms in total.